The second-order valence-corrected chi connectivity index (χ2v) is 3.60. The van der Waals surface area contributed by atoms with Gasteiger partial charge in [0.15, 0.2) is 0 Å². The van der Waals surface area contributed by atoms with Gasteiger partial charge in [-0.05, 0) is 12.1 Å². The van der Waals surface area contributed by atoms with Gasteiger partial charge in [0.05, 0.1) is 13.7 Å². The highest BCUT2D eigenvalue weighted by Gasteiger charge is 2.26. The van der Waals surface area contributed by atoms with Crippen LogP contribution in [0.15, 0.2) is 18.2 Å². The lowest BCUT2D eigenvalue weighted by atomic mass is 10.2. The summed E-state index contributed by atoms with van der Waals surface area (Å²) in [6.07, 6.45) is 0. The Bertz CT molecular complexity index is 394. The fourth-order valence-electron chi connectivity index (χ4n) is 1.73. The summed E-state index contributed by atoms with van der Waals surface area (Å²) in [5, 5.41) is 0. The Balaban J connectivity index is 2.46. The molecule has 1 heterocycles. The molecule has 0 radical (unpaired) electrons. The van der Waals surface area contributed by atoms with Gasteiger partial charge in [0.2, 0.25) is 5.91 Å². The van der Waals surface area contributed by atoms with Gasteiger partial charge in [0.1, 0.15) is 29.7 Å². The fourth-order valence-corrected chi connectivity index (χ4v) is 1.87. The number of para-hydroxylation sites is 1. The van der Waals surface area contributed by atoms with Crippen LogP contribution in [0, 0.1) is 0 Å². The maximum atomic E-state index is 11.7. The number of carbonyl (C=O) groups excluding carboxylic acids is 1. The molecule has 0 saturated heterocycles. The number of hydrogen-bond acceptors (Lipinski definition) is 3. The number of ether oxygens (including phenoxy) is 2. The number of amides is 1. The zero-order valence-electron chi connectivity index (χ0n) is 8.90. The third-order valence-electron chi connectivity index (χ3n) is 2.44. The van der Waals surface area contributed by atoms with Gasteiger partial charge >= 0.3 is 0 Å². The summed E-state index contributed by atoms with van der Waals surface area (Å²) >= 11 is 5.57. The Morgan fingerprint density at radius 2 is 2.44 bits per heavy atom. The lowest BCUT2D eigenvalue weighted by Crippen LogP contribution is -2.38. The van der Waals surface area contributed by atoms with Crippen LogP contribution in [-0.4, -0.2) is 32.0 Å². The first-order valence-corrected chi connectivity index (χ1v) is 5.47. The maximum absolute atomic E-state index is 11.7. The molecule has 5 heteroatoms. The lowest BCUT2D eigenvalue weighted by molar-refractivity contribution is -0.116. The second-order valence-electron chi connectivity index (χ2n) is 3.33. The van der Waals surface area contributed by atoms with E-state index in [0.717, 1.165) is 0 Å². The first-order chi connectivity index (χ1) is 7.77. The molecule has 0 aliphatic carbocycles. The quantitative estimate of drug-likeness (QED) is 0.740. The number of anilines is 1. The number of benzene rings is 1. The molecule has 0 bridgehead atoms. The van der Waals surface area contributed by atoms with E-state index in [-0.39, 0.29) is 11.8 Å². The molecular formula is C11H12ClNO3. The summed E-state index contributed by atoms with van der Waals surface area (Å²) in [5.74, 6) is 1.09. The summed E-state index contributed by atoms with van der Waals surface area (Å²) in [6.45, 7) is 0.974. The monoisotopic (exact) mass is 241 g/mol. The van der Waals surface area contributed by atoms with Crippen molar-refractivity contribution in [1.82, 2.24) is 0 Å². The SMILES string of the molecule is COc1cccc2c1N(C(=O)CCl)CCO2. The predicted molar refractivity (Wildman–Crippen MR) is 61.6 cm³/mol. The largest absolute Gasteiger partial charge is 0.494 e. The Morgan fingerprint density at radius 3 is 3.12 bits per heavy atom. The number of carbonyl (C=O) groups is 1. The molecule has 86 valence electrons. The molecule has 0 fully saturated rings. The molecule has 1 aromatic rings. The molecule has 1 aliphatic rings. The summed E-state index contributed by atoms with van der Waals surface area (Å²) in [5.41, 5.74) is 0.668. The van der Waals surface area contributed by atoms with Gasteiger partial charge in [-0.1, -0.05) is 6.07 Å². The Hall–Kier alpha value is -1.42. The minimum absolute atomic E-state index is 0.0442. The number of methoxy groups -OCH3 is 1. The topological polar surface area (TPSA) is 38.8 Å². The standard InChI is InChI=1S/C11H12ClNO3/c1-15-8-3-2-4-9-11(8)13(5-6-16-9)10(14)7-12/h2-4H,5-7H2,1H3. The summed E-state index contributed by atoms with van der Waals surface area (Å²) in [6, 6.07) is 5.43. The van der Waals surface area contributed by atoms with Crippen LogP contribution in [0.5, 0.6) is 11.5 Å². The number of hydrogen-bond donors (Lipinski definition) is 0. The zero-order chi connectivity index (χ0) is 11.5. The Kier molecular flexibility index (Phi) is 3.19. The molecule has 1 amide bonds. The highest BCUT2D eigenvalue weighted by molar-refractivity contribution is 6.29. The summed E-state index contributed by atoms with van der Waals surface area (Å²) in [4.78, 5) is 13.3. The Morgan fingerprint density at radius 1 is 1.62 bits per heavy atom. The second kappa shape index (κ2) is 4.61. The van der Waals surface area contributed by atoms with E-state index in [1.807, 2.05) is 12.1 Å². The van der Waals surface area contributed by atoms with Crippen LogP contribution in [-0.2, 0) is 4.79 Å². The van der Waals surface area contributed by atoms with E-state index in [1.54, 1.807) is 18.1 Å². The van der Waals surface area contributed by atoms with Gasteiger partial charge in [-0.3, -0.25) is 4.79 Å². The summed E-state index contributed by atoms with van der Waals surface area (Å²) in [7, 11) is 1.56. The molecule has 16 heavy (non-hydrogen) atoms. The number of alkyl halides is 1. The number of fused-ring (bicyclic) bond motifs is 1. The molecule has 0 saturated carbocycles. The van der Waals surface area contributed by atoms with E-state index in [4.69, 9.17) is 21.1 Å². The minimum atomic E-state index is -0.143. The number of rotatable bonds is 2. The van der Waals surface area contributed by atoms with E-state index >= 15 is 0 Å². The average molecular weight is 242 g/mol. The molecule has 0 N–H and O–H groups in total. The van der Waals surface area contributed by atoms with Crippen LogP contribution in [0.4, 0.5) is 5.69 Å². The van der Waals surface area contributed by atoms with Gasteiger partial charge in [-0.2, -0.15) is 0 Å². The van der Waals surface area contributed by atoms with Crippen LogP contribution in [0.3, 0.4) is 0 Å². The van der Waals surface area contributed by atoms with Gasteiger partial charge in [0.25, 0.3) is 0 Å². The molecule has 4 nitrogen and oxygen atoms in total. The van der Waals surface area contributed by atoms with Crippen LogP contribution in [0.1, 0.15) is 0 Å². The normalized spacial score (nSPS) is 14.0. The highest BCUT2D eigenvalue weighted by Crippen LogP contribution is 2.39. The van der Waals surface area contributed by atoms with E-state index < -0.39 is 0 Å². The van der Waals surface area contributed by atoms with Gasteiger partial charge in [0, 0.05) is 0 Å². The van der Waals surface area contributed by atoms with Crippen LogP contribution in [0.2, 0.25) is 0 Å². The highest BCUT2D eigenvalue weighted by atomic mass is 35.5. The summed E-state index contributed by atoms with van der Waals surface area (Å²) < 4.78 is 10.7. The van der Waals surface area contributed by atoms with Crippen molar-refractivity contribution in [2.45, 2.75) is 0 Å². The lowest BCUT2D eigenvalue weighted by Gasteiger charge is -2.30. The van der Waals surface area contributed by atoms with Crippen LogP contribution < -0.4 is 14.4 Å². The number of nitrogens with zero attached hydrogens (tertiary/aromatic N) is 1. The first-order valence-electron chi connectivity index (χ1n) is 4.94. The van der Waals surface area contributed by atoms with Crippen molar-refractivity contribution in [3.05, 3.63) is 18.2 Å². The zero-order valence-corrected chi connectivity index (χ0v) is 9.66. The molecule has 2 rings (SSSR count). The van der Waals surface area contributed by atoms with E-state index in [0.29, 0.717) is 30.3 Å². The predicted octanol–water partition coefficient (Wildman–Crippen LogP) is 1.66. The average Bonchev–Trinajstić information content (AvgIpc) is 2.36. The third kappa shape index (κ3) is 1.80. The first kappa shape index (κ1) is 11.1. The van der Waals surface area contributed by atoms with Gasteiger partial charge < -0.3 is 14.4 Å². The van der Waals surface area contributed by atoms with Crippen molar-refractivity contribution < 1.29 is 14.3 Å². The molecular weight excluding hydrogens is 230 g/mol. The number of halogens is 1. The smallest absolute Gasteiger partial charge is 0.242 e. The van der Waals surface area contributed by atoms with Crippen molar-refractivity contribution in [3.8, 4) is 11.5 Å². The maximum Gasteiger partial charge on any atom is 0.242 e. The van der Waals surface area contributed by atoms with Crippen molar-refractivity contribution in [3.63, 3.8) is 0 Å². The third-order valence-corrected chi connectivity index (χ3v) is 2.67. The van der Waals surface area contributed by atoms with Gasteiger partial charge in [-0.15, -0.1) is 11.6 Å². The van der Waals surface area contributed by atoms with Crippen molar-refractivity contribution in [2.24, 2.45) is 0 Å². The van der Waals surface area contributed by atoms with Crippen molar-refractivity contribution >= 4 is 23.2 Å². The fraction of sp³-hybridized carbons (Fsp3) is 0.364. The van der Waals surface area contributed by atoms with Crippen molar-refractivity contribution in [2.75, 3.05) is 31.0 Å². The van der Waals surface area contributed by atoms with E-state index in [1.165, 1.54) is 0 Å². The molecule has 1 aliphatic heterocycles. The van der Waals surface area contributed by atoms with Crippen molar-refractivity contribution in [1.29, 1.82) is 0 Å². The van der Waals surface area contributed by atoms with Crippen LogP contribution in [0.25, 0.3) is 0 Å². The molecule has 1 aromatic carbocycles. The van der Waals surface area contributed by atoms with Gasteiger partial charge in [-0.25, -0.2) is 0 Å². The molecule has 0 unspecified atom stereocenters. The Labute approximate surface area is 98.7 Å². The minimum Gasteiger partial charge on any atom is -0.494 e. The molecule has 0 aromatic heterocycles. The van der Waals surface area contributed by atoms with E-state index in [2.05, 4.69) is 0 Å². The van der Waals surface area contributed by atoms with E-state index in [9.17, 15) is 4.79 Å². The molecule has 0 spiro atoms. The molecule has 0 atom stereocenters. The van der Waals surface area contributed by atoms with Crippen LogP contribution >= 0.6 is 11.6 Å².